The van der Waals surface area contributed by atoms with Gasteiger partial charge in [-0.15, -0.1) is 23.1 Å². The first-order valence-electron chi connectivity index (χ1n) is 11.2. The molecule has 0 spiro atoms. The Labute approximate surface area is 207 Å². The first-order chi connectivity index (χ1) is 16.2. The molecule has 10 heteroatoms. The Morgan fingerprint density at radius 2 is 1.94 bits per heavy atom. The molecule has 182 valence electrons. The molecule has 1 atom stereocenters. The maximum atomic E-state index is 13.2. The highest BCUT2D eigenvalue weighted by Crippen LogP contribution is 2.38. The number of rotatable bonds is 8. The molecule has 34 heavy (non-hydrogen) atoms. The molecule has 0 fully saturated rings. The van der Waals surface area contributed by atoms with Gasteiger partial charge in [0, 0.05) is 35.9 Å². The van der Waals surface area contributed by atoms with E-state index in [0.717, 1.165) is 15.3 Å². The van der Waals surface area contributed by atoms with Crippen LogP contribution in [0.5, 0.6) is 0 Å². The van der Waals surface area contributed by atoms with Gasteiger partial charge in [0.15, 0.2) is 0 Å². The zero-order valence-electron chi connectivity index (χ0n) is 19.7. The molecule has 3 amide bonds. The van der Waals surface area contributed by atoms with Crippen LogP contribution in [0, 0.1) is 0 Å². The summed E-state index contributed by atoms with van der Waals surface area (Å²) in [5, 5.41) is 5.76. The van der Waals surface area contributed by atoms with E-state index >= 15 is 0 Å². The van der Waals surface area contributed by atoms with Gasteiger partial charge in [-0.05, 0) is 43.5 Å². The maximum Gasteiger partial charge on any atom is 0.341 e. The normalized spacial score (nSPS) is 13.6. The van der Waals surface area contributed by atoms with E-state index in [1.54, 1.807) is 17.9 Å². The maximum absolute atomic E-state index is 13.2. The lowest BCUT2D eigenvalue weighted by molar-refractivity contribution is -0.129. The minimum atomic E-state index is -0.463. The van der Waals surface area contributed by atoms with Crippen molar-refractivity contribution in [2.24, 2.45) is 0 Å². The van der Waals surface area contributed by atoms with Crippen LogP contribution in [0.3, 0.4) is 0 Å². The monoisotopic (exact) mass is 503 g/mol. The molecule has 1 aromatic carbocycles. The van der Waals surface area contributed by atoms with Crippen LogP contribution in [0.25, 0.3) is 0 Å². The van der Waals surface area contributed by atoms with Crippen molar-refractivity contribution in [2.45, 2.75) is 57.2 Å². The predicted octanol–water partition coefficient (Wildman–Crippen LogP) is 4.30. The lowest BCUT2D eigenvalue weighted by Crippen LogP contribution is -2.34. The van der Waals surface area contributed by atoms with Gasteiger partial charge in [-0.3, -0.25) is 14.4 Å². The molecule has 1 aliphatic rings. The van der Waals surface area contributed by atoms with Crippen LogP contribution in [0.1, 0.15) is 54.9 Å². The number of benzene rings is 1. The van der Waals surface area contributed by atoms with Gasteiger partial charge in [-0.25, -0.2) is 4.79 Å². The molecule has 2 aromatic rings. The quantitative estimate of drug-likeness (QED) is 0.411. The second-order valence-corrected chi connectivity index (χ2v) is 10.2. The molecule has 0 saturated heterocycles. The van der Waals surface area contributed by atoms with Crippen LogP contribution in [0.4, 0.5) is 10.7 Å². The number of carbonyl (C=O) groups excluding carboxylic acids is 4. The molecular formula is C24H29N3O5S2. The number of fused-ring (bicyclic) bond motifs is 1. The van der Waals surface area contributed by atoms with Crippen LogP contribution in [-0.2, 0) is 32.1 Å². The van der Waals surface area contributed by atoms with Gasteiger partial charge in [0.2, 0.25) is 17.7 Å². The molecule has 2 heterocycles. The van der Waals surface area contributed by atoms with E-state index in [1.807, 2.05) is 25.1 Å². The van der Waals surface area contributed by atoms with Gasteiger partial charge in [0.25, 0.3) is 0 Å². The molecule has 8 nitrogen and oxygen atoms in total. The third-order valence-electron chi connectivity index (χ3n) is 5.31. The lowest BCUT2D eigenvalue weighted by atomic mass is 10.0. The second-order valence-electron chi connectivity index (χ2n) is 7.83. The van der Waals surface area contributed by atoms with Crippen molar-refractivity contribution >= 4 is 57.5 Å². The number of hydrogen-bond acceptors (Lipinski definition) is 7. The average Bonchev–Trinajstić information content (AvgIpc) is 3.14. The SMILES string of the molecule is CCOC(=O)c1c(NC(=O)C(CC)Sc2cccc(NC(C)=O)c2)sc2c1CCN(C(C)=O)C2. The Kier molecular flexibility index (Phi) is 8.73. The summed E-state index contributed by atoms with van der Waals surface area (Å²) < 4.78 is 5.27. The smallest absolute Gasteiger partial charge is 0.341 e. The van der Waals surface area contributed by atoms with E-state index in [9.17, 15) is 19.2 Å². The van der Waals surface area contributed by atoms with E-state index in [4.69, 9.17) is 4.74 Å². The van der Waals surface area contributed by atoms with Crippen LogP contribution in [0.2, 0.25) is 0 Å². The van der Waals surface area contributed by atoms with Gasteiger partial charge in [0.1, 0.15) is 5.00 Å². The summed E-state index contributed by atoms with van der Waals surface area (Å²) in [5.74, 6) is -0.866. The molecule has 1 aromatic heterocycles. The molecule has 0 radical (unpaired) electrons. The first kappa shape index (κ1) is 25.8. The standard InChI is InChI=1S/C24H29N3O5S2/c1-5-19(33-17-9-7-8-16(12-17)25-14(3)28)22(30)26-23-21(24(31)32-6-2)18-10-11-27(15(4)29)13-20(18)34-23/h7-9,12,19H,5-6,10-11,13H2,1-4H3,(H,25,28)(H,26,30). The van der Waals surface area contributed by atoms with Gasteiger partial charge in [-0.2, -0.15) is 0 Å². The predicted molar refractivity (Wildman–Crippen MR) is 134 cm³/mol. The number of thiophene rings is 1. The number of amides is 3. The van der Waals surface area contributed by atoms with E-state index in [-0.39, 0.29) is 24.3 Å². The van der Waals surface area contributed by atoms with Crippen LogP contribution in [-0.4, -0.2) is 47.0 Å². The van der Waals surface area contributed by atoms with E-state index in [1.165, 1.54) is 36.9 Å². The Bertz CT molecular complexity index is 1100. The summed E-state index contributed by atoms with van der Waals surface area (Å²) in [5.41, 5.74) is 1.91. The highest BCUT2D eigenvalue weighted by atomic mass is 32.2. The summed E-state index contributed by atoms with van der Waals surface area (Å²) in [7, 11) is 0. The zero-order chi connectivity index (χ0) is 24.8. The zero-order valence-corrected chi connectivity index (χ0v) is 21.4. The van der Waals surface area contributed by atoms with Crippen LogP contribution < -0.4 is 10.6 Å². The molecule has 0 saturated carbocycles. The third-order valence-corrected chi connectivity index (χ3v) is 7.80. The molecule has 1 aliphatic heterocycles. The summed E-state index contributed by atoms with van der Waals surface area (Å²) >= 11 is 2.72. The fourth-order valence-corrected chi connectivity index (χ4v) is 5.98. The molecule has 0 aliphatic carbocycles. The number of nitrogens with zero attached hydrogens (tertiary/aromatic N) is 1. The van der Waals surface area contributed by atoms with Crippen molar-refractivity contribution in [1.82, 2.24) is 4.90 Å². The molecule has 3 rings (SSSR count). The number of esters is 1. The Morgan fingerprint density at radius 1 is 1.18 bits per heavy atom. The van der Waals surface area contributed by atoms with Crippen molar-refractivity contribution in [2.75, 3.05) is 23.8 Å². The highest BCUT2D eigenvalue weighted by molar-refractivity contribution is 8.00. The van der Waals surface area contributed by atoms with Gasteiger partial charge < -0.3 is 20.3 Å². The lowest BCUT2D eigenvalue weighted by Gasteiger charge is -2.25. The van der Waals surface area contributed by atoms with Gasteiger partial charge >= 0.3 is 5.97 Å². The van der Waals surface area contributed by atoms with Crippen LogP contribution in [0.15, 0.2) is 29.2 Å². The molecule has 0 bridgehead atoms. The molecule has 1 unspecified atom stereocenters. The third kappa shape index (κ3) is 6.18. The summed E-state index contributed by atoms with van der Waals surface area (Å²) in [4.78, 5) is 52.6. The van der Waals surface area contributed by atoms with Gasteiger partial charge in [-0.1, -0.05) is 13.0 Å². The van der Waals surface area contributed by atoms with E-state index in [2.05, 4.69) is 10.6 Å². The summed E-state index contributed by atoms with van der Waals surface area (Å²) in [6.45, 7) is 7.80. The minimum absolute atomic E-state index is 0.0220. The number of ether oxygens (including phenoxy) is 1. The van der Waals surface area contributed by atoms with Crippen LogP contribution >= 0.6 is 23.1 Å². The fourth-order valence-electron chi connectivity index (χ4n) is 3.71. The highest BCUT2D eigenvalue weighted by Gasteiger charge is 2.31. The van der Waals surface area contributed by atoms with Crippen molar-refractivity contribution in [3.8, 4) is 0 Å². The number of carbonyl (C=O) groups is 4. The Balaban J connectivity index is 1.83. The van der Waals surface area contributed by atoms with E-state index < -0.39 is 11.2 Å². The number of thioether (sulfide) groups is 1. The molecule has 2 N–H and O–H groups in total. The average molecular weight is 504 g/mol. The first-order valence-corrected chi connectivity index (χ1v) is 12.8. The summed E-state index contributed by atoms with van der Waals surface area (Å²) in [6.07, 6.45) is 1.11. The Hall–Kier alpha value is -2.85. The minimum Gasteiger partial charge on any atom is -0.462 e. The largest absolute Gasteiger partial charge is 0.462 e. The number of anilines is 2. The Morgan fingerprint density at radius 3 is 2.59 bits per heavy atom. The second kappa shape index (κ2) is 11.5. The van der Waals surface area contributed by atoms with Crippen molar-refractivity contribution < 1.29 is 23.9 Å². The van der Waals surface area contributed by atoms with Gasteiger partial charge in [0.05, 0.1) is 24.0 Å². The van der Waals surface area contributed by atoms with Crippen molar-refractivity contribution in [3.63, 3.8) is 0 Å². The van der Waals surface area contributed by atoms with Crippen molar-refractivity contribution in [1.29, 1.82) is 0 Å². The number of nitrogens with one attached hydrogen (secondary N) is 2. The van der Waals surface area contributed by atoms with E-state index in [0.29, 0.717) is 42.2 Å². The fraction of sp³-hybridized carbons (Fsp3) is 0.417. The topological polar surface area (TPSA) is 105 Å². The molecular weight excluding hydrogens is 474 g/mol. The summed E-state index contributed by atoms with van der Waals surface area (Å²) in [6, 6.07) is 7.33. The van der Waals surface area contributed by atoms with Crippen molar-refractivity contribution in [3.05, 3.63) is 40.3 Å². The number of hydrogen-bond donors (Lipinski definition) is 2.